The molecule has 1 unspecified atom stereocenters. The van der Waals surface area contributed by atoms with Crippen LogP contribution < -0.4 is 0 Å². The van der Waals surface area contributed by atoms with Gasteiger partial charge in [-0.3, -0.25) is 4.98 Å². The van der Waals surface area contributed by atoms with Gasteiger partial charge in [-0.2, -0.15) is 8.78 Å². The van der Waals surface area contributed by atoms with Crippen molar-refractivity contribution < 1.29 is 31.1 Å². The molecule has 2 heterocycles. The topological polar surface area (TPSA) is 72.2 Å². The van der Waals surface area contributed by atoms with Crippen LogP contribution in [0.15, 0.2) is 29.4 Å². The first-order valence-corrected chi connectivity index (χ1v) is 10.4. The van der Waals surface area contributed by atoms with E-state index in [0.717, 1.165) is 24.6 Å². The second-order valence-electron chi connectivity index (χ2n) is 7.19. The van der Waals surface area contributed by atoms with Crippen molar-refractivity contribution in [3.63, 3.8) is 0 Å². The Bertz CT molecular complexity index is 1020. The Labute approximate surface area is 158 Å². The summed E-state index contributed by atoms with van der Waals surface area (Å²) >= 11 is 0. The van der Waals surface area contributed by atoms with Gasteiger partial charge in [-0.25, -0.2) is 17.2 Å². The highest BCUT2D eigenvalue weighted by molar-refractivity contribution is 7.91. The normalized spacial score (nSPS) is 24.1. The van der Waals surface area contributed by atoms with Gasteiger partial charge in [0.2, 0.25) is 9.84 Å². The van der Waals surface area contributed by atoms with Gasteiger partial charge in [0.1, 0.15) is 6.10 Å². The molecule has 0 spiro atoms. The van der Waals surface area contributed by atoms with E-state index in [-0.39, 0.29) is 12.1 Å². The lowest BCUT2D eigenvalue weighted by Gasteiger charge is -2.32. The van der Waals surface area contributed by atoms with Crippen LogP contribution in [0.2, 0.25) is 0 Å². The molecule has 28 heavy (non-hydrogen) atoms. The molecule has 0 saturated heterocycles. The minimum absolute atomic E-state index is 0.154. The van der Waals surface area contributed by atoms with E-state index in [0.29, 0.717) is 12.1 Å². The number of rotatable bonds is 3. The molecule has 0 aromatic carbocycles. The lowest BCUT2D eigenvalue weighted by Crippen LogP contribution is -2.33. The second-order valence-corrected chi connectivity index (χ2v) is 9.07. The minimum atomic E-state index is -5.16. The summed E-state index contributed by atoms with van der Waals surface area (Å²) < 4.78 is 80.4. The largest absolute Gasteiger partial charge is 0.382 e. The summed E-state index contributed by atoms with van der Waals surface area (Å²) in [5.41, 5.74) is 1.15. The number of aromatic nitrogens is 2. The average molecular weight is 418 g/mol. The summed E-state index contributed by atoms with van der Waals surface area (Å²) in [6.45, 7) is 0. The van der Waals surface area contributed by atoms with E-state index in [2.05, 4.69) is 4.98 Å². The van der Waals surface area contributed by atoms with E-state index in [1.54, 1.807) is 12.3 Å². The Morgan fingerprint density at radius 1 is 1.29 bits per heavy atom. The molecule has 0 radical (unpaired) electrons. The number of halogens is 4. The number of aliphatic hydroxyl groups excluding tert-OH is 1. The molecular formula is C18H18F4N2O3S. The second kappa shape index (κ2) is 6.55. The molecule has 2 atom stereocenters. The average Bonchev–Trinajstić information content (AvgIpc) is 3.05. The van der Waals surface area contributed by atoms with E-state index < -0.39 is 50.5 Å². The van der Waals surface area contributed by atoms with Gasteiger partial charge < -0.3 is 9.67 Å². The number of hydrogen-bond acceptors (Lipinski definition) is 4. The van der Waals surface area contributed by atoms with Crippen molar-refractivity contribution in [2.24, 2.45) is 0 Å². The van der Waals surface area contributed by atoms with Crippen LogP contribution >= 0.6 is 0 Å². The van der Waals surface area contributed by atoms with Crippen LogP contribution in [0.5, 0.6) is 0 Å². The monoisotopic (exact) mass is 418 g/mol. The number of aryl methyl sites for hydroxylation is 1. The first-order valence-electron chi connectivity index (χ1n) is 8.90. The molecule has 0 bridgehead atoms. The Balaban J connectivity index is 1.95. The number of fused-ring (bicyclic) bond motifs is 2. The van der Waals surface area contributed by atoms with Crippen molar-refractivity contribution in [3.8, 4) is 0 Å². The predicted octanol–water partition coefficient (Wildman–Crippen LogP) is 3.42. The number of pyridine rings is 1. The lowest BCUT2D eigenvalue weighted by atomic mass is 9.89. The van der Waals surface area contributed by atoms with Gasteiger partial charge in [0.25, 0.3) is 5.92 Å². The van der Waals surface area contributed by atoms with Gasteiger partial charge in [-0.15, -0.1) is 0 Å². The quantitative estimate of drug-likeness (QED) is 0.776. The van der Waals surface area contributed by atoms with E-state index in [1.807, 2.05) is 6.07 Å². The van der Waals surface area contributed by atoms with E-state index in [9.17, 15) is 31.1 Å². The van der Waals surface area contributed by atoms with Crippen molar-refractivity contribution in [1.82, 2.24) is 9.55 Å². The van der Waals surface area contributed by atoms with Crippen LogP contribution in [-0.2, 0) is 22.7 Å². The summed E-state index contributed by atoms with van der Waals surface area (Å²) in [5.74, 6) is -7.36. The highest BCUT2D eigenvalue weighted by Gasteiger charge is 2.49. The number of alkyl halides is 4. The SMILES string of the molecule is O=S(=O)(c1cn(C2CCCc3cccnc32)c2c1[C@H](O)C(F)(F)CC2)C(F)F. The van der Waals surface area contributed by atoms with Crippen LogP contribution in [0.25, 0.3) is 0 Å². The molecule has 2 aliphatic carbocycles. The molecule has 0 aliphatic heterocycles. The van der Waals surface area contributed by atoms with Crippen molar-refractivity contribution >= 4 is 9.84 Å². The lowest BCUT2D eigenvalue weighted by molar-refractivity contribution is -0.123. The minimum Gasteiger partial charge on any atom is -0.382 e. The summed E-state index contributed by atoms with van der Waals surface area (Å²) in [6.07, 6.45) is 1.27. The molecule has 0 amide bonds. The molecule has 0 saturated carbocycles. The van der Waals surface area contributed by atoms with Crippen LogP contribution in [0, 0.1) is 0 Å². The van der Waals surface area contributed by atoms with Crippen LogP contribution in [-0.4, -0.2) is 34.8 Å². The standard InChI is InChI=1S/C18H18F4N2O3S/c19-17(20)28(26,27)13-9-24(11-6-7-18(21,22)16(25)14(11)13)12-5-1-3-10-4-2-8-23-15(10)12/h2,4,8-9,12,16-17,25H,1,3,5-7H2/t12?,16-/m0/s1. The van der Waals surface area contributed by atoms with E-state index in [1.165, 1.54) is 4.57 Å². The van der Waals surface area contributed by atoms with Gasteiger partial charge >= 0.3 is 5.76 Å². The van der Waals surface area contributed by atoms with Crippen LogP contribution in [0.1, 0.15) is 53.9 Å². The van der Waals surface area contributed by atoms with Crippen molar-refractivity contribution in [2.45, 2.75) is 60.8 Å². The molecule has 2 aromatic rings. The van der Waals surface area contributed by atoms with Gasteiger partial charge in [0.05, 0.1) is 16.6 Å². The van der Waals surface area contributed by atoms with Gasteiger partial charge in [-0.1, -0.05) is 6.07 Å². The third kappa shape index (κ3) is 2.85. The summed E-state index contributed by atoms with van der Waals surface area (Å²) in [7, 11) is -5.16. The van der Waals surface area contributed by atoms with Gasteiger partial charge in [-0.05, 0) is 37.3 Å². The molecule has 5 nitrogen and oxygen atoms in total. The smallest absolute Gasteiger partial charge is 0.341 e. The van der Waals surface area contributed by atoms with Crippen LogP contribution in [0.4, 0.5) is 17.6 Å². The maximum Gasteiger partial charge on any atom is 0.341 e. The Hall–Kier alpha value is -1.94. The fourth-order valence-corrected chi connectivity index (χ4v) is 5.19. The third-order valence-electron chi connectivity index (χ3n) is 5.56. The predicted molar refractivity (Wildman–Crippen MR) is 91.2 cm³/mol. The maximum atomic E-state index is 14.1. The number of nitrogens with zero attached hydrogens (tertiary/aromatic N) is 2. The molecule has 2 aromatic heterocycles. The zero-order valence-electron chi connectivity index (χ0n) is 14.7. The molecule has 1 N–H and O–H groups in total. The molecular weight excluding hydrogens is 400 g/mol. The maximum absolute atomic E-state index is 14.1. The first kappa shape index (κ1) is 19.4. The Kier molecular flexibility index (Phi) is 4.53. The summed E-state index contributed by atoms with van der Waals surface area (Å²) in [4.78, 5) is 3.43. The molecule has 10 heteroatoms. The van der Waals surface area contributed by atoms with E-state index >= 15 is 0 Å². The Morgan fingerprint density at radius 2 is 2.04 bits per heavy atom. The molecule has 4 rings (SSSR count). The van der Waals surface area contributed by atoms with Crippen molar-refractivity contribution in [3.05, 3.63) is 47.0 Å². The van der Waals surface area contributed by atoms with E-state index in [4.69, 9.17) is 0 Å². The summed E-state index contributed by atoms with van der Waals surface area (Å²) in [6, 6.07) is 3.19. The number of aliphatic hydroxyl groups is 1. The first-order chi connectivity index (χ1) is 13.1. The third-order valence-corrected chi connectivity index (χ3v) is 6.96. The van der Waals surface area contributed by atoms with Crippen molar-refractivity contribution in [1.29, 1.82) is 0 Å². The van der Waals surface area contributed by atoms with Gasteiger partial charge in [0, 0.05) is 30.1 Å². The highest BCUT2D eigenvalue weighted by Crippen LogP contribution is 2.47. The molecule has 2 aliphatic rings. The van der Waals surface area contributed by atoms with Gasteiger partial charge in [0.15, 0.2) is 0 Å². The number of sulfone groups is 1. The fourth-order valence-electron chi connectivity index (χ4n) is 4.20. The molecule has 0 fully saturated rings. The zero-order chi connectivity index (χ0) is 20.3. The summed E-state index contributed by atoms with van der Waals surface area (Å²) in [5, 5.41) is 10.1. The highest BCUT2D eigenvalue weighted by atomic mass is 32.2. The number of hydrogen-bond donors (Lipinski definition) is 1. The van der Waals surface area contributed by atoms with Crippen molar-refractivity contribution in [2.75, 3.05) is 0 Å². The fraction of sp³-hybridized carbons (Fsp3) is 0.500. The Morgan fingerprint density at radius 3 is 2.75 bits per heavy atom. The van der Waals surface area contributed by atoms with Crippen LogP contribution in [0.3, 0.4) is 0 Å². The zero-order valence-corrected chi connectivity index (χ0v) is 15.5. The molecule has 152 valence electrons.